The number of H-pyrrole nitrogens is 1. The Labute approximate surface area is 108 Å². The quantitative estimate of drug-likeness (QED) is 0.672. The molecule has 0 aliphatic heterocycles. The second-order valence-electron chi connectivity index (χ2n) is 6.60. The molecule has 4 nitrogen and oxygen atoms in total. The van der Waals surface area contributed by atoms with Gasteiger partial charge in [-0.3, -0.25) is 9.22 Å². The molecule has 2 heterocycles. The predicted molar refractivity (Wildman–Crippen MR) is 75.8 cm³/mol. The Balaban J connectivity index is 2.82. The van der Waals surface area contributed by atoms with Crippen LogP contribution in [0.2, 0.25) is 39.3 Å². The Morgan fingerprint density at radius 1 is 1.11 bits per heavy atom. The lowest BCUT2D eigenvalue weighted by Gasteiger charge is -2.15. The Bertz CT molecular complexity index is 595. The Kier molecular flexibility index (Phi) is 2.93. The summed E-state index contributed by atoms with van der Waals surface area (Å²) in [6, 6.07) is 0. The number of aromatic nitrogens is 4. The molecule has 0 aromatic carbocycles. The van der Waals surface area contributed by atoms with Crippen LogP contribution in [0.15, 0.2) is 6.33 Å². The maximum Gasteiger partial charge on any atom is 0.384 e. The highest BCUT2D eigenvalue weighted by Gasteiger charge is 2.32. The molecule has 2 rings (SSSR count). The van der Waals surface area contributed by atoms with Crippen LogP contribution in [-0.4, -0.2) is 31.3 Å². The van der Waals surface area contributed by atoms with E-state index < -0.39 is 22.4 Å². The van der Waals surface area contributed by atoms with Crippen molar-refractivity contribution in [3.05, 3.63) is 12.4 Å². The molecule has 0 aliphatic rings. The fourth-order valence-electron chi connectivity index (χ4n) is 1.97. The van der Waals surface area contributed by atoms with E-state index in [0.29, 0.717) is 5.65 Å². The smallest absolute Gasteiger partial charge is 0.278 e. The zero-order valence-corrected chi connectivity index (χ0v) is 13.8. The van der Waals surface area contributed by atoms with Gasteiger partial charge >= 0.3 is 6.08 Å². The Hall–Kier alpha value is -1.09. The number of rotatable bonds is 2. The molecule has 1 N–H and O–H groups in total. The molecule has 98 valence electrons. The van der Waals surface area contributed by atoms with Crippen molar-refractivity contribution in [2.24, 2.45) is 0 Å². The topological polar surface area (TPSA) is 45.5 Å². The molecule has 0 saturated heterocycles. The van der Waals surface area contributed by atoms with Crippen LogP contribution in [0, 0.1) is 6.08 Å². The van der Waals surface area contributed by atoms with Gasteiger partial charge < -0.3 is 0 Å². The van der Waals surface area contributed by atoms with Gasteiger partial charge in [-0.2, -0.15) is 4.98 Å². The lowest BCUT2D eigenvalue weighted by Crippen LogP contribution is -2.57. The number of aromatic amines is 1. The third-order valence-electron chi connectivity index (χ3n) is 2.86. The van der Waals surface area contributed by atoms with Crippen LogP contribution >= 0.6 is 0 Å². The summed E-state index contributed by atoms with van der Waals surface area (Å²) < 4.78 is 15.8. The second-order valence-corrected chi connectivity index (χ2v) is 16.4. The molecule has 0 amide bonds. The molecule has 0 unspecified atom stereocenters. The van der Waals surface area contributed by atoms with Crippen molar-refractivity contribution in [3.63, 3.8) is 0 Å². The van der Waals surface area contributed by atoms with E-state index in [0.717, 1.165) is 10.8 Å². The van der Waals surface area contributed by atoms with Crippen LogP contribution in [0.1, 0.15) is 0 Å². The number of fused-ring (bicyclic) bond motifs is 1. The van der Waals surface area contributed by atoms with E-state index in [4.69, 9.17) is 0 Å². The fraction of sp³-hybridized carbons (Fsp3) is 0.545. The molecule has 2 aromatic rings. The second kappa shape index (κ2) is 3.96. The standard InChI is InChI=1S/C11H19FN4Si2/c1-17(2,3)10-8-9(14-11(12)15-10)16(7-13-8)18(4,5)6/h7H,1-6H3/p+1. The van der Waals surface area contributed by atoms with Crippen LogP contribution in [0.5, 0.6) is 0 Å². The van der Waals surface area contributed by atoms with Gasteiger partial charge in [-0.1, -0.05) is 24.6 Å². The minimum atomic E-state index is -1.70. The largest absolute Gasteiger partial charge is 0.384 e. The van der Waals surface area contributed by atoms with Gasteiger partial charge in [-0.15, -0.1) is 4.39 Å². The van der Waals surface area contributed by atoms with E-state index in [-0.39, 0.29) is 0 Å². The fourth-order valence-corrected chi connectivity index (χ4v) is 4.58. The van der Waals surface area contributed by atoms with Crippen molar-refractivity contribution in [1.29, 1.82) is 0 Å². The van der Waals surface area contributed by atoms with Gasteiger partial charge in [-0.25, -0.2) is 0 Å². The summed E-state index contributed by atoms with van der Waals surface area (Å²) in [5.41, 5.74) is 1.61. The molecule has 0 radical (unpaired) electrons. The zero-order chi connectivity index (χ0) is 13.7. The summed E-state index contributed by atoms with van der Waals surface area (Å²) in [6.07, 6.45) is 1.29. The average Bonchev–Trinajstić information content (AvgIpc) is 2.57. The van der Waals surface area contributed by atoms with Gasteiger partial charge in [0, 0.05) is 0 Å². The highest BCUT2D eigenvalue weighted by atomic mass is 28.3. The van der Waals surface area contributed by atoms with Crippen LogP contribution in [0.4, 0.5) is 4.39 Å². The summed E-state index contributed by atoms with van der Waals surface area (Å²) in [7, 11) is -3.30. The molecule has 0 fully saturated rings. The molecule has 0 atom stereocenters. The molecule has 0 bridgehead atoms. The first-order valence-electron chi connectivity index (χ1n) is 6.08. The van der Waals surface area contributed by atoms with Crippen LogP contribution < -0.4 is 9.55 Å². The maximum absolute atomic E-state index is 13.7. The first kappa shape index (κ1) is 13.3. The first-order valence-corrected chi connectivity index (χ1v) is 13.0. The highest BCUT2D eigenvalue weighted by molar-refractivity contribution is 6.89. The normalized spacial score (nSPS) is 13.3. The van der Waals surface area contributed by atoms with E-state index in [1.807, 2.05) is 6.33 Å². The van der Waals surface area contributed by atoms with Crippen molar-refractivity contribution in [2.75, 3.05) is 0 Å². The van der Waals surface area contributed by atoms with Gasteiger partial charge in [0.05, 0.1) is 5.32 Å². The number of hydrogen-bond donors (Lipinski definition) is 1. The summed E-state index contributed by atoms with van der Waals surface area (Å²) in [4.78, 5) is 11.2. The van der Waals surface area contributed by atoms with Crippen molar-refractivity contribution in [3.8, 4) is 0 Å². The maximum atomic E-state index is 13.7. The number of nitrogens with one attached hydrogen (secondary N) is 1. The van der Waals surface area contributed by atoms with E-state index in [1.165, 1.54) is 0 Å². The van der Waals surface area contributed by atoms with Crippen molar-refractivity contribution in [1.82, 2.24) is 15.0 Å². The van der Waals surface area contributed by atoms with E-state index in [2.05, 4.69) is 58.5 Å². The molecule has 7 heteroatoms. The molecule has 0 saturated carbocycles. The minimum Gasteiger partial charge on any atom is -0.278 e. The van der Waals surface area contributed by atoms with E-state index >= 15 is 0 Å². The molecule has 2 aromatic heterocycles. The molecular weight excluding hydrogens is 263 g/mol. The summed E-state index contributed by atoms with van der Waals surface area (Å²) in [6.45, 7) is 13.1. The zero-order valence-electron chi connectivity index (χ0n) is 11.8. The summed E-state index contributed by atoms with van der Waals surface area (Å²) in [5.74, 6) is 0. The Morgan fingerprint density at radius 2 is 1.72 bits per heavy atom. The third-order valence-corrected chi connectivity index (χ3v) is 6.43. The van der Waals surface area contributed by atoms with Gasteiger partial charge in [0.25, 0.3) is 5.65 Å². The SMILES string of the molecule is C[Si](C)(C)c1nc(F)nc2c1[nH]c[n+]2[Si](C)(C)C. The Morgan fingerprint density at radius 3 is 2.22 bits per heavy atom. The number of halogens is 1. The monoisotopic (exact) mass is 283 g/mol. The number of nitrogens with zero attached hydrogens (tertiary/aromatic N) is 3. The van der Waals surface area contributed by atoms with Crippen molar-refractivity contribution < 1.29 is 8.62 Å². The van der Waals surface area contributed by atoms with Crippen LogP contribution in [-0.2, 0) is 0 Å². The summed E-state index contributed by atoms with van der Waals surface area (Å²) >= 11 is 0. The minimum absolute atomic E-state index is 0.619. The van der Waals surface area contributed by atoms with Gasteiger partial charge in [-0.05, 0) is 19.6 Å². The van der Waals surface area contributed by atoms with Crippen molar-refractivity contribution in [2.45, 2.75) is 39.3 Å². The van der Waals surface area contributed by atoms with Crippen LogP contribution in [0.25, 0.3) is 11.2 Å². The third kappa shape index (κ3) is 2.24. The van der Waals surface area contributed by atoms with Gasteiger partial charge in [0.1, 0.15) is 8.07 Å². The van der Waals surface area contributed by atoms with E-state index in [1.54, 1.807) is 0 Å². The van der Waals surface area contributed by atoms with Crippen LogP contribution in [0.3, 0.4) is 0 Å². The lowest BCUT2D eigenvalue weighted by molar-refractivity contribution is -0.518. The van der Waals surface area contributed by atoms with E-state index in [9.17, 15) is 4.39 Å². The van der Waals surface area contributed by atoms with Gasteiger partial charge in [0.2, 0.25) is 8.24 Å². The highest BCUT2D eigenvalue weighted by Crippen LogP contribution is 2.10. The number of hydrogen-bond acceptors (Lipinski definition) is 2. The molecule has 0 aliphatic carbocycles. The summed E-state index contributed by atoms with van der Waals surface area (Å²) in [5, 5.41) is 0.863. The van der Waals surface area contributed by atoms with Crippen molar-refractivity contribution >= 4 is 32.8 Å². The molecule has 0 spiro atoms. The average molecular weight is 283 g/mol. The number of imidazole rings is 1. The predicted octanol–water partition coefficient (Wildman–Crippen LogP) is 1.61. The lowest BCUT2D eigenvalue weighted by atomic mass is 10.6. The molecule has 18 heavy (non-hydrogen) atoms. The van der Waals surface area contributed by atoms with Gasteiger partial charge in [0.15, 0.2) is 11.8 Å². The first-order chi connectivity index (χ1) is 8.10. The molecular formula is C11H20FN4Si2+.